The van der Waals surface area contributed by atoms with E-state index in [0.29, 0.717) is 6.04 Å². The predicted molar refractivity (Wildman–Crippen MR) is 51.5 cm³/mol. The summed E-state index contributed by atoms with van der Waals surface area (Å²) in [6, 6.07) is 0.711. The van der Waals surface area contributed by atoms with Crippen molar-refractivity contribution in [1.29, 1.82) is 0 Å². The Hall–Kier alpha value is 0.270. The van der Waals surface area contributed by atoms with E-state index in [1.807, 2.05) is 0 Å². The summed E-state index contributed by atoms with van der Waals surface area (Å²) in [5.41, 5.74) is 0. The minimum absolute atomic E-state index is 0.711. The first kappa shape index (κ1) is 9.36. The van der Waals surface area contributed by atoms with Gasteiger partial charge in [0.05, 0.1) is 0 Å². The number of nitrogens with zero attached hydrogens (tertiary/aromatic N) is 1. The van der Waals surface area contributed by atoms with E-state index < -0.39 is 0 Å². The average molecular weight is 174 g/mol. The van der Waals surface area contributed by atoms with Crippen LogP contribution in [-0.4, -0.2) is 29.8 Å². The molecule has 0 bridgehead atoms. The van der Waals surface area contributed by atoms with Crippen molar-refractivity contribution >= 4 is 11.9 Å². The highest BCUT2D eigenvalue weighted by Gasteiger charge is 2.23. The third kappa shape index (κ3) is 2.65. The molecular weight excluding hydrogens is 156 g/mol. The molecule has 0 aliphatic carbocycles. The highest BCUT2D eigenvalue weighted by Crippen LogP contribution is 2.20. The first-order valence-electron chi connectivity index (χ1n) is 4.29. The van der Waals surface area contributed by atoms with Crippen molar-refractivity contribution in [2.45, 2.75) is 26.3 Å². The molecule has 1 atom stereocenters. The van der Waals surface area contributed by atoms with E-state index in [0.717, 1.165) is 11.7 Å². The zero-order valence-corrected chi connectivity index (χ0v) is 8.23. The molecule has 0 aromatic heterocycles. The number of hydrogen-bond donors (Lipinski definition) is 1. The van der Waals surface area contributed by atoms with Gasteiger partial charge in [-0.15, -0.1) is 0 Å². The van der Waals surface area contributed by atoms with Gasteiger partial charge in [-0.3, -0.25) is 5.14 Å². The Labute approximate surface area is 73.6 Å². The summed E-state index contributed by atoms with van der Waals surface area (Å²) in [4.78, 5) is 2.53. The van der Waals surface area contributed by atoms with Gasteiger partial charge in [-0.25, -0.2) is 0 Å². The Morgan fingerprint density at radius 3 is 2.82 bits per heavy atom. The molecule has 1 rings (SSSR count). The van der Waals surface area contributed by atoms with Crippen LogP contribution in [0.15, 0.2) is 0 Å². The minimum atomic E-state index is 0.711. The summed E-state index contributed by atoms with van der Waals surface area (Å²) >= 11 is 1.49. The monoisotopic (exact) mass is 174 g/mol. The summed E-state index contributed by atoms with van der Waals surface area (Å²) < 4.78 is 0. The van der Waals surface area contributed by atoms with E-state index >= 15 is 0 Å². The van der Waals surface area contributed by atoms with Gasteiger partial charge in [-0.2, -0.15) is 0 Å². The molecule has 1 saturated heterocycles. The molecule has 11 heavy (non-hydrogen) atoms. The molecule has 0 aromatic carbocycles. The molecule has 0 saturated carbocycles. The third-order valence-electron chi connectivity index (χ3n) is 2.38. The molecule has 0 aromatic rings. The summed E-state index contributed by atoms with van der Waals surface area (Å²) in [5, 5.41) is 5.43. The van der Waals surface area contributed by atoms with Crippen LogP contribution in [0.25, 0.3) is 0 Å². The molecule has 3 heteroatoms. The molecule has 2 nitrogen and oxygen atoms in total. The second kappa shape index (κ2) is 4.33. The second-order valence-corrected chi connectivity index (χ2v) is 4.24. The van der Waals surface area contributed by atoms with E-state index in [1.165, 1.54) is 31.5 Å². The Morgan fingerprint density at radius 2 is 2.36 bits per heavy atom. The van der Waals surface area contributed by atoms with Crippen LogP contribution >= 0.6 is 11.9 Å². The molecular formula is C8H18N2S. The van der Waals surface area contributed by atoms with Gasteiger partial charge in [0.1, 0.15) is 0 Å². The average Bonchev–Trinajstić information content (AvgIpc) is 2.37. The van der Waals surface area contributed by atoms with Crippen LogP contribution in [0, 0.1) is 5.92 Å². The van der Waals surface area contributed by atoms with Crippen molar-refractivity contribution in [1.82, 2.24) is 4.90 Å². The first-order valence-corrected chi connectivity index (χ1v) is 5.34. The molecule has 1 aliphatic rings. The molecule has 0 spiro atoms. The summed E-state index contributed by atoms with van der Waals surface area (Å²) in [5.74, 6) is 1.97. The van der Waals surface area contributed by atoms with Crippen molar-refractivity contribution in [2.75, 3.05) is 18.8 Å². The SMILES string of the molecule is CC(C)N1CCC(CSN)C1. The lowest BCUT2D eigenvalue weighted by Gasteiger charge is -2.19. The van der Waals surface area contributed by atoms with Crippen molar-refractivity contribution < 1.29 is 0 Å². The van der Waals surface area contributed by atoms with E-state index in [9.17, 15) is 0 Å². The predicted octanol–water partition coefficient (Wildman–Crippen LogP) is 1.32. The maximum absolute atomic E-state index is 5.43. The van der Waals surface area contributed by atoms with E-state index in [-0.39, 0.29) is 0 Å². The zero-order chi connectivity index (χ0) is 8.27. The maximum Gasteiger partial charge on any atom is 0.0117 e. The largest absolute Gasteiger partial charge is 0.301 e. The van der Waals surface area contributed by atoms with Gasteiger partial charge in [-0.1, -0.05) is 11.9 Å². The van der Waals surface area contributed by atoms with Gasteiger partial charge in [0.25, 0.3) is 0 Å². The van der Waals surface area contributed by atoms with Crippen molar-refractivity contribution in [3.8, 4) is 0 Å². The van der Waals surface area contributed by atoms with Crippen molar-refractivity contribution in [3.05, 3.63) is 0 Å². The van der Waals surface area contributed by atoms with Crippen LogP contribution < -0.4 is 5.14 Å². The molecule has 2 N–H and O–H groups in total. The Bertz CT molecular complexity index is 117. The zero-order valence-electron chi connectivity index (χ0n) is 7.42. The first-order chi connectivity index (χ1) is 5.24. The summed E-state index contributed by atoms with van der Waals surface area (Å²) in [6.07, 6.45) is 1.34. The Kier molecular flexibility index (Phi) is 3.69. The number of rotatable bonds is 3. The number of likely N-dealkylation sites (tertiary alicyclic amines) is 1. The van der Waals surface area contributed by atoms with Gasteiger partial charge in [0, 0.05) is 18.3 Å². The van der Waals surface area contributed by atoms with Crippen LogP contribution in [0.4, 0.5) is 0 Å². The van der Waals surface area contributed by atoms with Gasteiger partial charge in [0.15, 0.2) is 0 Å². The van der Waals surface area contributed by atoms with Gasteiger partial charge in [0.2, 0.25) is 0 Å². The topological polar surface area (TPSA) is 29.3 Å². The molecule has 1 heterocycles. The summed E-state index contributed by atoms with van der Waals surface area (Å²) in [6.45, 7) is 7.04. The van der Waals surface area contributed by atoms with Gasteiger partial charge < -0.3 is 4.90 Å². The molecule has 1 unspecified atom stereocenters. The third-order valence-corrected chi connectivity index (χ3v) is 3.04. The van der Waals surface area contributed by atoms with E-state index in [4.69, 9.17) is 5.14 Å². The van der Waals surface area contributed by atoms with E-state index in [2.05, 4.69) is 18.7 Å². The molecule has 0 amide bonds. The fourth-order valence-corrected chi connectivity index (χ4v) is 2.15. The molecule has 1 aliphatic heterocycles. The van der Waals surface area contributed by atoms with Crippen LogP contribution in [0.1, 0.15) is 20.3 Å². The maximum atomic E-state index is 5.43. The standard InChI is InChI=1S/C8H18N2S/c1-7(2)10-4-3-8(5-10)6-11-9/h7-8H,3-6,9H2,1-2H3. The van der Waals surface area contributed by atoms with Crippen LogP contribution in [-0.2, 0) is 0 Å². The van der Waals surface area contributed by atoms with Crippen LogP contribution in [0.3, 0.4) is 0 Å². The van der Waals surface area contributed by atoms with Crippen LogP contribution in [0.2, 0.25) is 0 Å². The van der Waals surface area contributed by atoms with Crippen molar-refractivity contribution in [2.24, 2.45) is 11.1 Å². The quantitative estimate of drug-likeness (QED) is 0.654. The van der Waals surface area contributed by atoms with Gasteiger partial charge in [-0.05, 0) is 32.7 Å². The van der Waals surface area contributed by atoms with Crippen LogP contribution in [0.5, 0.6) is 0 Å². The fourth-order valence-electron chi connectivity index (χ4n) is 1.60. The number of nitrogens with two attached hydrogens (primary N) is 1. The lowest BCUT2D eigenvalue weighted by molar-refractivity contribution is 0.268. The fraction of sp³-hybridized carbons (Fsp3) is 1.00. The van der Waals surface area contributed by atoms with Gasteiger partial charge >= 0.3 is 0 Å². The number of hydrogen-bond acceptors (Lipinski definition) is 3. The summed E-state index contributed by atoms with van der Waals surface area (Å²) in [7, 11) is 0. The Balaban J connectivity index is 2.23. The van der Waals surface area contributed by atoms with E-state index in [1.54, 1.807) is 0 Å². The molecule has 0 radical (unpaired) electrons. The second-order valence-electron chi connectivity index (χ2n) is 3.58. The van der Waals surface area contributed by atoms with Crippen molar-refractivity contribution in [3.63, 3.8) is 0 Å². The lowest BCUT2D eigenvalue weighted by atomic mass is 10.2. The molecule has 1 fully saturated rings. The smallest absolute Gasteiger partial charge is 0.0117 e. The highest BCUT2D eigenvalue weighted by molar-refractivity contribution is 7.97. The Morgan fingerprint density at radius 1 is 1.64 bits per heavy atom. The normalized spacial score (nSPS) is 26.7. The highest BCUT2D eigenvalue weighted by atomic mass is 32.2. The minimum Gasteiger partial charge on any atom is -0.301 e. The lowest BCUT2D eigenvalue weighted by Crippen LogP contribution is -2.28. The molecule has 66 valence electrons.